The number of rotatable bonds is 5. The van der Waals surface area contributed by atoms with E-state index in [0.717, 1.165) is 58.9 Å². The lowest BCUT2D eigenvalue weighted by Gasteiger charge is -2.36. The molecule has 11 nitrogen and oxygen atoms in total. The standard InChI is InChI=1S/C29H35N9O2/c1-18-17-40-12-11-37(18)27-15-24(25-16-31-38(28(25)34-27)26-9-10-30-35-26)19-3-5-20(6-4-19)32-29(39)33-21-13-22-7-8-23(14-21)36(22)2/h3-6,9-10,15-16,18,21-23H,7-8,11-14,17H2,1-2H3,(H,30,35)(H2,32,33,39)/t18-,21?,22?,23?/m1/s1. The van der Waals surface area contributed by atoms with Crippen LogP contribution in [-0.4, -0.2) is 86.9 Å². The summed E-state index contributed by atoms with van der Waals surface area (Å²) in [5, 5.41) is 18.9. The second kappa shape index (κ2) is 10.2. The Hall–Kier alpha value is -3.96. The van der Waals surface area contributed by atoms with Crippen LogP contribution in [0.4, 0.5) is 16.3 Å². The number of aromatic nitrogens is 5. The molecule has 3 aromatic heterocycles. The molecule has 3 N–H and O–H groups in total. The van der Waals surface area contributed by atoms with E-state index in [0.29, 0.717) is 25.3 Å². The van der Waals surface area contributed by atoms with Crippen LogP contribution in [0.15, 0.2) is 48.8 Å². The first kappa shape index (κ1) is 25.0. The number of benzene rings is 1. The van der Waals surface area contributed by atoms with Crippen LogP contribution < -0.4 is 15.5 Å². The molecule has 3 aliphatic heterocycles. The number of amides is 2. The van der Waals surface area contributed by atoms with Crippen molar-refractivity contribution >= 4 is 28.6 Å². The van der Waals surface area contributed by atoms with Gasteiger partial charge < -0.3 is 25.2 Å². The molecule has 2 amide bonds. The Labute approximate surface area is 232 Å². The molecule has 7 rings (SSSR count). The number of piperidine rings is 1. The predicted octanol–water partition coefficient (Wildman–Crippen LogP) is 3.78. The molecule has 3 atom stereocenters. The average molecular weight is 542 g/mol. The summed E-state index contributed by atoms with van der Waals surface area (Å²) in [7, 11) is 2.21. The molecule has 3 aliphatic rings. The number of anilines is 2. The lowest BCUT2D eigenvalue weighted by molar-refractivity contribution is 0.0985. The van der Waals surface area contributed by atoms with E-state index in [9.17, 15) is 4.79 Å². The number of hydrogen-bond acceptors (Lipinski definition) is 7. The summed E-state index contributed by atoms with van der Waals surface area (Å²) >= 11 is 0. The maximum atomic E-state index is 12.8. The third kappa shape index (κ3) is 4.58. The minimum absolute atomic E-state index is 0.141. The topological polar surface area (TPSA) is 116 Å². The quantitative estimate of drug-likeness (QED) is 0.352. The zero-order valence-corrected chi connectivity index (χ0v) is 22.9. The minimum Gasteiger partial charge on any atom is -0.377 e. The van der Waals surface area contributed by atoms with Crippen molar-refractivity contribution in [1.29, 1.82) is 0 Å². The molecular formula is C29H35N9O2. The monoisotopic (exact) mass is 541 g/mol. The fraction of sp³-hybridized carbons (Fsp3) is 0.448. The first-order chi connectivity index (χ1) is 19.5. The van der Waals surface area contributed by atoms with Gasteiger partial charge in [0.25, 0.3) is 0 Å². The molecule has 3 fully saturated rings. The number of hydrogen-bond donors (Lipinski definition) is 3. The van der Waals surface area contributed by atoms with Gasteiger partial charge in [0.05, 0.1) is 31.6 Å². The maximum Gasteiger partial charge on any atom is 0.319 e. The maximum absolute atomic E-state index is 12.8. The van der Waals surface area contributed by atoms with E-state index in [1.54, 1.807) is 10.9 Å². The summed E-state index contributed by atoms with van der Waals surface area (Å²) in [5.41, 5.74) is 3.57. The van der Waals surface area contributed by atoms with Crippen molar-refractivity contribution in [2.75, 3.05) is 37.0 Å². The third-order valence-electron chi connectivity index (χ3n) is 8.79. The van der Waals surface area contributed by atoms with E-state index in [-0.39, 0.29) is 18.1 Å². The molecule has 6 heterocycles. The van der Waals surface area contributed by atoms with Crippen LogP contribution in [0, 0.1) is 0 Å². The number of H-pyrrole nitrogens is 1. The molecule has 3 saturated heterocycles. The smallest absolute Gasteiger partial charge is 0.319 e. The Morgan fingerprint density at radius 3 is 2.65 bits per heavy atom. The highest BCUT2D eigenvalue weighted by Crippen LogP contribution is 2.35. The SMILES string of the molecule is C[C@@H]1COCCN1c1cc(-c2ccc(NC(=O)NC3CC4CCC(C3)N4C)cc2)c2cnn(-c3ccn[nH]3)c2n1. The van der Waals surface area contributed by atoms with Gasteiger partial charge in [-0.05, 0) is 69.0 Å². The summed E-state index contributed by atoms with van der Waals surface area (Å²) in [6, 6.07) is 13.5. The van der Waals surface area contributed by atoms with Gasteiger partial charge in [0.2, 0.25) is 0 Å². The number of morpholine rings is 1. The molecule has 208 valence electrons. The minimum atomic E-state index is -0.141. The summed E-state index contributed by atoms with van der Waals surface area (Å²) in [6.07, 6.45) is 8.06. The predicted molar refractivity (Wildman–Crippen MR) is 154 cm³/mol. The van der Waals surface area contributed by atoms with Gasteiger partial charge in [-0.2, -0.15) is 14.9 Å². The first-order valence-electron chi connectivity index (χ1n) is 14.2. The number of carbonyl (C=O) groups is 1. The average Bonchev–Trinajstić information content (AvgIpc) is 3.67. The zero-order valence-electron chi connectivity index (χ0n) is 22.9. The van der Waals surface area contributed by atoms with Crippen LogP contribution in [0.1, 0.15) is 32.6 Å². The van der Waals surface area contributed by atoms with E-state index in [1.165, 1.54) is 12.8 Å². The molecule has 0 radical (unpaired) electrons. The summed E-state index contributed by atoms with van der Waals surface area (Å²) < 4.78 is 7.46. The van der Waals surface area contributed by atoms with Crippen LogP contribution in [0.5, 0.6) is 0 Å². The Morgan fingerprint density at radius 2 is 1.93 bits per heavy atom. The summed E-state index contributed by atoms with van der Waals surface area (Å²) in [5.74, 6) is 1.64. The van der Waals surface area contributed by atoms with Crippen LogP contribution >= 0.6 is 0 Å². The van der Waals surface area contributed by atoms with Gasteiger partial charge in [0, 0.05) is 41.8 Å². The van der Waals surface area contributed by atoms with Gasteiger partial charge in [-0.15, -0.1) is 0 Å². The molecule has 0 aliphatic carbocycles. The van der Waals surface area contributed by atoms with Crippen molar-refractivity contribution in [3.05, 3.63) is 48.8 Å². The molecule has 2 unspecified atom stereocenters. The lowest BCUT2D eigenvalue weighted by atomic mass is 9.98. The number of carbonyl (C=O) groups excluding carboxylic acids is 1. The van der Waals surface area contributed by atoms with Gasteiger partial charge in [0.15, 0.2) is 11.5 Å². The van der Waals surface area contributed by atoms with Gasteiger partial charge in [0.1, 0.15) is 5.82 Å². The molecule has 2 bridgehead atoms. The van der Waals surface area contributed by atoms with Crippen LogP contribution in [0.3, 0.4) is 0 Å². The second-order valence-electron chi connectivity index (χ2n) is 11.3. The normalized spacial score (nSPS) is 24.9. The first-order valence-corrected chi connectivity index (χ1v) is 14.2. The fourth-order valence-electron chi connectivity index (χ4n) is 6.60. The van der Waals surface area contributed by atoms with Gasteiger partial charge in [-0.1, -0.05) is 12.1 Å². The van der Waals surface area contributed by atoms with Crippen molar-refractivity contribution in [2.24, 2.45) is 0 Å². The molecule has 11 heteroatoms. The Balaban J connectivity index is 1.15. The molecular weight excluding hydrogens is 506 g/mol. The number of fused-ring (bicyclic) bond motifs is 3. The van der Waals surface area contributed by atoms with Gasteiger partial charge in [-0.3, -0.25) is 5.10 Å². The molecule has 0 spiro atoms. The number of urea groups is 1. The number of nitrogens with one attached hydrogen (secondary N) is 3. The van der Waals surface area contributed by atoms with Crippen molar-refractivity contribution in [3.8, 4) is 16.9 Å². The highest BCUT2D eigenvalue weighted by atomic mass is 16.5. The fourth-order valence-corrected chi connectivity index (χ4v) is 6.60. The molecule has 0 saturated carbocycles. The highest BCUT2D eigenvalue weighted by Gasteiger charge is 2.38. The highest BCUT2D eigenvalue weighted by molar-refractivity contribution is 5.96. The largest absolute Gasteiger partial charge is 0.377 e. The van der Waals surface area contributed by atoms with Crippen molar-refractivity contribution in [1.82, 2.24) is 35.2 Å². The molecule has 1 aromatic carbocycles. The zero-order chi connectivity index (χ0) is 27.2. The van der Waals surface area contributed by atoms with E-state index >= 15 is 0 Å². The Morgan fingerprint density at radius 1 is 1.12 bits per heavy atom. The van der Waals surface area contributed by atoms with Gasteiger partial charge in [-0.25, -0.2) is 9.78 Å². The molecule has 40 heavy (non-hydrogen) atoms. The van der Waals surface area contributed by atoms with Crippen LogP contribution in [0.25, 0.3) is 28.0 Å². The summed E-state index contributed by atoms with van der Waals surface area (Å²) in [4.78, 5) is 22.6. The second-order valence-corrected chi connectivity index (χ2v) is 11.3. The Bertz CT molecular complexity index is 1490. The van der Waals surface area contributed by atoms with E-state index < -0.39 is 0 Å². The summed E-state index contributed by atoms with van der Waals surface area (Å²) in [6.45, 7) is 4.25. The van der Waals surface area contributed by atoms with Gasteiger partial charge >= 0.3 is 6.03 Å². The number of pyridine rings is 1. The van der Waals surface area contributed by atoms with Crippen molar-refractivity contribution in [2.45, 2.75) is 56.8 Å². The van der Waals surface area contributed by atoms with Crippen molar-refractivity contribution in [3.63, 3.8) is 0 Å². The van der Waals surface area contributed by atoms with E-state index in [4.69, 9.17) is 9.72 Å². The van der Waals surface area contributed by atoms with E-state index in [2.05, 4.69) is 55.8 Å². The third-order valence-corrected chi connectivity index (χ3v) is 8.79. The molecule has 4 aromatic rings. The van der Waals surface area contributed by atoms with E-state index in [1.807, 2.05) is 36.5 Å². The number of ether oxygens (including phenoxy) is 1. The lowest BCUT2D eigenvalue weighted by Crippen LogP contribution is -2.49. The van der Waals surface area contributed by atoms with Crippen LogP contribution in [0.2, 0.25) is 0 Å². The van der Waals surface area contributed by atoms with Crippen molar-refractivity contribution < 1.29 is 9.53 Å². The van der Waals surface area contributed by atoms with Crippen LogP contribution in [-0.2, 0) is 4.74 Å². The Kier molecular flexibility index (Phi) is 6.39. The number of nitrogens with zero attached hydrogens (tertiary/aromatic N) is 6. The number of aromatic amines is 1.